The fourth-order valence-corrected chi connectivity index (χ4v) is 2.45. The maximum absolute atomic E-state index is 13.0. The lowest BCUT2D eigenvalue weighted by Crippen LogP contribution is -2.31. The van der Waals surface area contributed by atoms with Crippen molar-refractivity contribution in [3.05, 3.63) is 35.1 Å². The highest BCUT2D eigenvalue weighted by Crippen LogP contribution is 2.31. The van der Waals surface area contributed by atoms with Crippen molar-refractivity contribution < 1.29 is 23.4 Å². The van der Waals surface area contributed by atoms with E-state index >= 15 is 0 Å². The number of nitrogens with one attached hydrogen (secondary N) is 1. The van der Waals surface area contributed by atoms with Gasteiger partial charge >= 0.3 is 12.6 Å². The van der Waals surface area contributed by atoms with Crippen molar-refractivity contribution in [2.45, 2.75) is 32.4 Å². The summed E-state index contributed by atoms with van der Waals surface area (Å²) < 4.78 is 31.5. The molecule has 7 nitrogen and oxygen atoms in total. The summed E-state index contributed by atoms with van der Waals surface area (Å²) in [7, 11) is 0. The topological polar surface area (TPSA) is 89.3 Å². The summed E-state index contributed by atoms with van der Waals surface area (Å²) in [5.74, 6) is -0.117. The van der Waals surface area contributed by atoms with Crippen LogP contribution in [-0.4, -0.2) is 39.2 Å². The third-order valence-electron chi connectivity index (χ3n) is 3.60. The zero-order chi connectivity index (χ0) is 19.1. The van der Waals surface area contributed by atoms with Gasteiger partial charge in [0.2, 0.25) is 0 Å². The maximum Gasteiger partial charge on any atom is 0.407 e. The van der Waals surface area contributed by atoms with Gasteiger partial charge in [0.25, 0.3) is 0 Å². The number of carbonyl (C=O) groups is 1. The molecule has 0 radical (unpaired) electrons. The smallest absolute Gasteiger partial charge is 0.407 e. The molecule has 1 aromatic heterocycles. The minimum Gasteiger partial charge on any atom is -0.450 e. The average Bonchev–Trinajstić information content (AvgIpc) is 3.10. The lowest BCUT2D eigenvalue weighted by molar-refractivity contribution is 0.0582. The monoisotopic (exact) mass is 388 g/mol. The van der Waals surface area contributed by atoms with Gasteiger partial charge in [0.15, 0.2) is 5.82 Å². The second kappa shape index (κ2) is 9.44. The van der Waals surface area contributed by atoms with Gasteiger partial charge in [-0.15, -0.1) is 0 Å². The Morgan fingerprint density at radius 3 is 2.88 bits per heavy atom. The number of aromatic nitrogens is 3. The van der Waals surface area contributed by atoms with E-state index < -0.39 is 25.3 Å². The van der Waals surface area contributed by atoms with Crippen LogP contribution in [0.2, 0.25) is 5.02 Å². The van der Waals surface area contributed by atoms with Crippen LogP contribution in [0.3, 0.4) is 0 Å². The van der Waals surface area contributed by atoms with Gasteiger partial charge in [-0.1, -0.05) is 31.0 Å². The maximum atomic E-state index is 13.0. The summed E-state index contributed by atoms with van der Waals surface area (Å²) in [5, 5.41) is 15.8. The number of hydrogen-bond donors (Lipinski definition) is 2. The molecule has 0 bridgehead atoms. The van der Waals surface area contributed by atoms with E-state index in [-0.39, 0.29) is 23.0 Å². The molecule has 2 rings (SSSR count). The van der Waals surface area contributed by atoms with Gasteiger partial charge in [-0.05, 0) is 24.1 Å². The summed E-state index contributed by atoms with van der Waals surface area (Å²) in [6.07, 6.45) is 1.93. The van der Waals surface area contributed by atoms with Crippen molar-refractivity contribution in [1.82, 2.24) is 20.1 Å². The van der Waals surface area contributed by atoms with Gasteiger partial charge < -0.3 is 15.2 Å². The van der Waals surface area contributed by atoms with Gasteiger partial charge in [-0.25, -0.2) is 9.78 Å². The quantitative estimate of drug-likeness (QED) is 0.675. The first kappa shape index (κ1) is 20.1. The first-order chi connectivity index (χ1) is 12.5. The minimum absolute atomic E-state index is 0.117. The molecule has 2 aromatic rings. The summed E-state index contributed by atoms with van der Waals surface area (Å²) in [4.78, 5) is 15.6. The lowest BCUT2D eigenvalue weighted by Gasteiger charge is -2.18. The molecule has 0 unspecified atom stereocenters. The minimum atomic E-state index is -2.88. The molecule has 0 fully saturated rings. The number of halogens is 3. The molecule has 2 N–H and O–H groups in total. The Kier molecular flexibility index (Phi) is 7.28. The van der Waals surface area contributed by atoms with E-state index in [0.717, 1.165) is 19.2 Å². The summed E-state index contributed by atoms with van der Waals surface area (Å²) >= 11 is 6.10. The average molecular weight is 389 g/mol. The Morgan fingerprint density at radius 1 is 1.46 bits per heavy atom. The second-order valence-corrected chi connectivity index (χ2v) is 5.82. The third kappa shape index (κ3) is 4.89. The number of carbonyl (C=O) groups excluding carboxylic acids is 1. The van der Waals surface area contributed by atoms with Crippen molar-refractivity contribution in [2.75, 3.05) is 13.2 Å². The fraction of sp³-hybridized carbons (Fsp3) is 0.438. The highest BCUT2D eigenvalue weighted by atomic mass is 35.5. The lowest BCUT2D eigenvalue weighted by atomic mass is 10.0. The van der Waals surface area contributed by atoms with E-state index in [9.17, 15) is 18.7 Å². The zero-order valence-corrected chi connectivity index (χ0v) is 14.8. The van der Waals surface area contributed by atoms with E-state index in [0.29, 0.717) is 10.2 Å². The second-order valence-electron chi connectivity index (χ2n) is 5.41. The summed E-state index contributed by atoms with van der Waals surface area (Å²) in [5.41, 5.74) is 0.671. The van der Waals surface area contributed by atoms with Crippen LogP contribution in [0.5, 0.6) is 0 Å². The first-order valence-corrected chi connectivity index (χ1v) is 8.37. The van der Waals surface area contributed by atoms with Gasteiger partial charge in [0, 0.05) is 5.56 Å². The number of ether oxygens (including phenoxy) is 1. The van der Waals surface area contributed by atoms with E-state index in [4.69, 9.17) is 16.3 Å². The van der Waals surface area contributed by atoms with Gasteiger partial charge in [-0.2, -0.15) is 18.6 Å². The zero-order valence-electron chi connectivity index (χ0n) is 14.0. The number of alkyl carbamates (subject to hydrolysis) is 1. The number of aliphatic hydroxyl groups excluding tert-OH is 1. The summed E-state index contributed by atoms with van der Waals surface area (Å²) in [6.45, 7) is -1.06. The van der Waals surface area contributed by atoms with E-state index in [2.05, 4.69) is 15.4 Å². The Balaban J connectivity index is 2.24. The van der Waals surface area contributed by atoms with Crippen molar-refractivity contribution in [1.29, 1.82) is 0 Å². The van der Waals surface area contributed by atoms with Crippen LogP contribution in [0.4, 0.5) is 13.6 Å². The number of hydrogen-bond acceptors (Lipinski definition) is 5. The standard InChI is InChI=1S/C16H19ClF2N4O3/c1-2-3-6-26-16(25)22-13(8-24)10-4-5-12(17)11(7-10)14-20-9-21-23(14)15(18)19/h4-5,7,9,13,15,24H,2-3,6,8H2,1H3,(H,22,25)/t13-/m1/s1. The number of rotatable bonds is 8. The third-order valence-corrected chi connectivity index (χ3v) is 3.93. The predicted molar refractivity (Wildman–Crippen MR) is 90.9 cm³/mol. The number of alkyl halides is 2. The molecule has 10 heteroatoms. The number of unbranched alkanes of at least 4 members (excludes halogenated alkanes) is 1. The molecule has 1 aromatic carbocycles. The van der Waals surface area contributed by atoms with Crippen LogP contribution in [0, 0.1) is 0 Å². The Morgan fingerprint density at radius 2 is 2.23 bits per heavy atom. The molecule has 1 amide bonds. The molecular formula is C16H19ClF2N4O3. The molecule has 26 heavy (non-hydrogen) atoms. The van der Waals surface area contributed by atoms with Crippen LogP contribution in [0.25, 0.3) is 11.4 Å². The highest BCUT2D eigenvalue weighted by Gasteiger charge is 2.20. The highest BCUT2D eigenvalue weighted by molar-refractivity contribution is 6.33. The summed E-state index contributed by atoms with van der Waals surface area (Å²) in [6, 6.07) is 3.73. The van der Waals surface area contributed by atoms with Crippen molar-refractivity contribution in [3.8, 4) is 11.4 Å². The number of amides is 1. The molecule has 0 aliphatic heterocycles. The first-order valence-electron chi connectivity index (χ1n) is 7.99. The van der Waals surface area contributed by atoms with Crippen LogP contribution < -0.4 is 5.32 Å². The molecule has 1 atom stereocenters. The normalized spacial score (nSPS) is 12.2. The molecule has 0 saturated carbocycles. The molecule has 0 aliphatic rings. The van der Waals surface area contributed by atoms with Crippen molar-refractivity contribution in [2.24, 2.45) is 0 Å². The van der Waals surface area contributed by atoms with E-state index in [1.54, 1.807) is 6.07 Å². The van der Waals surface area contributed by atoms with Gasteiger partial charge in [0.1, 0.15) is 6.33 Å². The Labute approximate surface area is 153 Å². The molecular weight excluding hydrogens is 370 g/mol. The molecule has 0 saturated heterocycles. The number of aliphatic hydroxyl groups is 1. The van der Waals surface area contributed by atoms with Crippen LogP contribution in [-0.2, 0) is 4.74 Å². The SMILES string of the molecule is CCCCOC(=O)N[C@H](CO)c1ccc(Cl)c(-c2ncnn2C(F)F)c1. The van der Waals surface area contributed by atoms with Crippen LogP contribution in [0.1, 0.15) is 37.9 Å². The number of nitrogens with zero attached hydrogens (tertiary/aromatic N) is 3. The Hall–Kier alpha value is -2.26. The van der Waals surface area contributed by atoms with Crippen LogP contribution in [0.15, 0.2) is 24.5 Å². The molecule has 0 spiro atoms. The molecule has 1 heterocycles. The van der Waals surface area contributed by atoms with E-state index in [1.165, 1.54) is 12.1 Å². The Bertz CT molecular complexity index is 742. The van der Waals surface area contributed by atoms with Crippen LogP contribution >= 0.6 is 11.6 Å². The van der Waals surface area contributed by atoms with E-state index in [1.807, 2.05) is 6.92 Å². The van der Waals surface area contributed by atoms with Crippen molar-refractivity contribution in [3.63, 3.8) is 0 Å². The predicted octanol–water partition coefficient (Wildman–Crippen LogP) is 3.55. The fourth-order valence-electron chi connectivity index (χ4n) is 2.24. The number of benzene rings is 1. The van der Waals surface area contributed by atoms with Crippen molar-refractivity contribution >= 4 is 17.7 Å². The van der Waals surface area contributed by atoms with Gasteiger partial charge in [-0.3, -0.25) is 0 Å². The largest absolute Gasteiger partial charge is 0.450 e. The molecule has 0 aliphatic carbocycles. The molecule has 142 valence electrons. The van der Waals surface area contributed by atoms with Gasteiger partial charge in [0.05, 0.1) is 24.3 Å².